The first-order valence-corrected chi connectivity index (χ1v) is 8.47. The molecule has 0 bridgehead atoms. The Morgan fingerprint density at radius 2 is 1.54 bits per heavy atom. The van der Waals surface area contributed by atoms with Gasteiger partial charge in [-0.1, -0.05) is 26.0 Å². The molecule has 0 unspecified atom stereocenters. The van der Waals surface area contributed by atoms with E-state index in [9.17, 15) is 24.6 Å². The maximum Gasteiger partial charge on any atom is 0.326 e. The van der Waals surface area contributed by atoms with E-state index < -0.39 is 35.9 Å². The number of aromatic hydroxyl groups is 1. The third-order valence-corrected chi connectivity index (χ3v) is 3.74. The summed E-state index contributed by atoms with van der Waals surface area (Å²) in [6, 6.07) is 3.26. The van der Waals surface area contributed by atoms with E-state index in [1.165, 1.54) is 19.1 Å². The van der Waals surface area contributed by atoms with Crippen LogP contribution in [-0.2, 0) is 20.8 Å². The number of nitrogens with two attached hydrogens (primary N) is 1. The number of carbonyl (C=O) groups is 3. The number of aliphatic carboxylic acids is 1. The molecule has 1 aromatic rings. The molecule has 0 aliphatic carbocycles. The third kappa shape index (κ3) is 7.10. The normalized spacial score (nSPS) is 14.3. The van der Waals surface area contributed by atoms with Crippen LogP contribution in [0.3, 0.4) is 0 Å². The van der Waals surface area contributed by atoms with E-state index in [0.29, 0.717) is 12.0 Å². The van der Waals surface area contributed by atoms with E-state index in [4.69, 9.17) is 5.73 Å². The number of hydrogen-bond acceptors (Lipinski definition) is 5. The van der Waals surface area contributed by atoms with Crippen molar-refractivity contribution in [2.45, 2.75) is 51.7 Å². The van der Waals surface area contributed by atoms with E-state index >= 15 is 0 Å². The number of benzene rings is 1. The van der Waals surface area contributed by atoms with Crippen LogP contribution in [0.25, 0.3) is 0 Å². The Balaban J connectivity index is 2.85. The molecule has 8 heteroatoms. The number of phenolic OH excluding ortho intramolecular Hbond substituents is 1. The third-order valence-electron chi connectivity index (χ3n) is 3.74. The SMILES string of the molecule is CC(C)C[C@H](NC(=O)[C@H](C)N)C(=O)N[C@@H](Cc1ccc(O)cc1)C(=O)O. The van der Waals surface area contributed by atoms with Gasteiger partial charge in [0.2, 0.25) is 11.8 Å². The molecule has 0 saturated heterocycles. The quantitative estimate of drug-likeness (QED) is 0.428. The van der Waals surface area contributed by atoms with Gasteiger partial charge in [0.1, 0.15) is 17.8 Å². The molecule has 1 rings (SSSR count). The summed E-state index contributed by atoms with van der Waals surface area (Å²) in [6.45, 7) is 5.29. The molecule has 8 nitrogen and oxygen atoms in total. The molecule has 0 radical (unpaired) electrons. The fraction of sp³-hybridized carbons (Fsp3) is 0.500. The second-order valence-corrected chi connectivity index (χ2v) is 6.75. The number of rotatable bonds is 9. The van der Waals surface area contributed by atoms with Gasteiger partial charge in [-0.05, 0) is 37.0 Å². The molecular formula is C18H27N3O5. The van der Waals surface area contributed by atoms with Crippen molar-refractivity contribution in [3.8, 4) is 5.75 Å². The molecule has 2 amide bonds. The van der Waals surface area contributed by atoms with Crippen LogP contribution in [0.4, 0.5) is 0 Å². The summed E-state index contributed by atoms with van der Waals surface area (Å²) in [5, 5.41) is 23.7. The Bertz CT molecular complexity index is 628. The minimum atomic E-state index is -1.19. The van der Waals surface area contributed by atoms with Gasteiger partial charge in [-0.2, -0.15) is 0 Å². The van der Waals surface area contributed by atoms with E-state index in [0.717, 1.165) is 0 Å². The minimum absolute atomic E-state index is 0.0526. The molecule has 3 atom stereocenters. The lowest BCUT2D eigenvalue weighted by Crippen LogP contribution is -2.54. The highest BCUT2D eigenvalue weighted by molar-refractivity contribution is 5.91. The van der Waals surface area contributed by atoms with Crippen LogP contribution in [0.1, 0.15) is 32.8 Å². The fourth-order valence-electron chi connectivity index (χ4n) is 2.35. The van der Waals surface area contributed by atoms with Gasteiger partial charge in [-0.3, -0.25) is 9.59 Å². The number of amides is 2. The molecule has 144 valence electrons. The summed E-state index contributed by atoms with van der Waals surface area (Å²) < 4.78 is 0. The van der Waals surface area contributed by atoms with Crippen molar-refractivity contribution in [1.29, 1.82) is 0 Å². The van der Waals surface area contributed by atoms with Gasteiger partial charge in [0.05, 0.1) is 6.04 Å². The van der Waals surface area contributed by atoms with E-state index in [2.05, 4.69) is 10.6 Å². The van der Waals surface area contributed by atoms with Crippen LogP contribution in [0.5, 0.6) is 5.75 Å². The molecular weight excluding hydrogens is 338 g/mol. The molecule has 6 N–H and O–H groups in total. The summed E-state index contributed by atoms with van der Waals surface area (Å²) in [4.78, 5) is 35.9. The Morgan fingerprint density at radius 3 is 2.00 bits per heavy atom. The number of carbonyl (C=O) groups excluding carboxylic acids is 2. The van der Waals surface area contributed by atoms with Crippen LogP contribution >= 0.6 is 0 Å². The van der Waals surface area contributed by atoms with Crippen molar-refractivity contribution in [2.24, 2.45) is 11.7 Å². The smallest absolute Gasteiger partial charge is 0.326 e. The monoisotopic (exact) mass is 365 g/mol. The van der Waals surface area contributed by atoms with Crippen molar-refractivity contribution in [1.82, 2.24) is 10.6 Å². The fourth-order valence-corrected chi connectivity index (χ4v) is 2.35. The van der Waals surface area contributed by atoms with Crippen LogP contribution in [0, 0.1) is 5.92 Å². The first-order chi connectivity index (χ1) is 12.1. The molecule has 0 aliphatic rings. The highest BCUT2D eigenvalue weighted by Gasteiger charge is 2.27. The summed E-state index contributed by atoms with van der Waals surface area (Å²) in [5.74, 6) is -2.05. The summed E-state index contributed by atoms with van der Waals surface area (Å²) in [5.41, 5.74) is 6.17. The molecule has 1 aromatic carbocycles. The van der Waals surface area contributed by atoms with Crippen molar-refractivity contribution in [2.75, 3.05) is 0 Å². The number of nitrogens with one attached hydrogen (secondary N) is 2. The van der Waals surface area contributed by atoms with Gasteiger partial charge in [-0.15, -0.1) is 0 Å². The predicted octanol–water partition coefficient (Wildman–Crippen LogP) is 0.382. The van der Waals surface area contributed by atoms with Gasteiger partial charge >= 0.3 is 5.97 Å². The number of hydrogen-bond donors (Lipinski definition) is 5. The van der Waals surface area contributed by atoms with Crippen molar-refractivity contribution < 1.29 is 24.6 Å². The molecule has 26 heavy (non-hydrogen) atoms. The lowest BCUT2D eigenvalue weighted by Gasteiger charge is -2.23. The van der Waals surface area contributed by atoms with E-state index in [-0.39, 0.29) is 18.1 Å². The lowest BCUT2D eigenvalue weighted by molar-refractivity contribution is -0.142. The van der Waals surface area contributed by atoms with Crippen molar-refractivity contribution in [3.63, 3.8) is 0 Å². The highest BCUT2D eigenvalue weighted by atomic mass is 16.4. The first-order valence-electron chi connectivity index (χ1n) is 8.47. The van der Waals surface area contributed by atoms with Gasteiger partial charge < -0.3 is 26.6 Å². The molecule has 0 aliphatic heterocycles. The van der Waals surface area contributed by atoms with Crippen molar-refractivity contribution >= 4 is 17.8 Å². The van der Waals surface area contributed by atoms with Crippen LogP contribution < -0.4 is 16.4 Å². The molecule has 0 aromatic heterocycles. The van der Waals surface area contributed by atoms with Gasteiger partial charge in [-0.25, -0.2) is 4.79 Å². The van der Waals surface area contributed by atoms with Crippen LogP contribution in [-0.4, -0.2) is 46.1 Å². The predicted molar refractivity (Wildman–Crippen MR) is 96.4 cm³/mol. The minimum Gasteiger partial charge on any atom is -0.508 e. The number of carboxylic acid groups (broad SMARTS) is 1. The molecule has 0 saturated carbocycles. The zero-order valence-electron chi connectivity index (χ0n) is 15.2. The van der Waals surface area contributed by atoms with Gasteiger partial charge in [0.15, 0.2) is 0 Å². The largest absolute Gasteiger partial charge is 0.508 e. The summed E-state index contributed by atoms with van der Waals surface area (Å²) in [6.07, 6.45) is 0.410. The standard InChI is InChI=1S/C18H27N3O5/c1-10(2)8-14(20-16(23)11(3)19)17(24)21-15(18(25)26)9-12-4-6-13(22)7-5-12/h4-7,10-11,14-15,22H,8-9,19H2,1-3H3,(H,20,23)(H,21,24)(H,25,26)/t11-,14-,15-/m0/s1. The highest BCUT2D eigenvalue weighted by Crippen LogP contribution is 2.12. The maximum atomic E-state index is 12.5. The maximum absolute atomic E-state index is 12.5. The zero-order valence-corrected chi connectivity index (χ0v) is 15.2. The average Bonchev–Trinajstić information content (AvgIpc) is 2.54. The zero-order chi connectivity index (χ0) is 19.9. The molecule has 0 spiro atoms. The van der Waals surface area contributed by atoms with E-state index in [1.807, 2.05) is 13.8 Å². The van der Waals surface area contributed by atoms with Crippen molar-refractivity contribution in [3.05, 3.63) is 29.8 Å². The number of carboxylic acids is 1. The number of phenols is 1. The summed E-state index contributed by atoms with van der Waals surface area (Å²) >= 11 is 0. The summed E-state index contributed by atoms with van der Waals surface area (Å²) in [7, 11) is 0. The Morgan fingerprint density at radius 1 is 1.00 bits per heavy atom. The van der Waals surface area contributed by atoms with Gasteiger partial charge in [0, 0.05) is 6.42 Å². The second-order valence-electron chi connectivity index (χ2n) is 6.75. The second kappa shape index (κ2) is 9.76. The average molecular weight is 365 g/mol. The van der Waals surface area contributed by atoms with Crippen LogP contribution in [0.2, 0.25) is 0 Å². The van der Waals surface area contributed by atoms with E-state index in [1.54, 1.807) is 12.1 Å². The Kier molecular flexibility index (Phi) is 8.05. The molecule has 0 heterocycles. The Hall–Kier alpha value is -2.61. The lowest BCUT2D eigenvalue weighted by atomic mass is 10.0. The topological polar surface area (TPSA) is 142 Å². The molecule has 0 fully saturated rings. The first kappa shape index (κ1) is 21.4. The Labute approximate surface area is 152 Å². The van der Waals surface area contributed by atoms with Gasteiger partial charge in [0.25, 0.3) is 0 Å². The van der Waals surface area contributed by atoms with Crippen LogP contribution in [0.15, 0.2) is 24.3 Å².